The molecule has 4 rings (SSSR count). The van der Waals surface area contributed by atoms with Crippen molar-refractivity contribution in [3.8, 4) is 0 Å². The van der Waals surface area contributed by atoms with Gasteiger partial charge in [0.15, 0.2) is 0 Å². The summed E-state index contributed by atoms with van der Waals surface area (Å²) in [5.74, 6) is 0. The number of halogens is 1. The van der Waals surface area contributed by atoms with Crippen molar-refractivity contribution in [2.75, 3.05) is 13.1 Å². The molecule has 164 valence electrons. The summed E-state index contributed by atoms with van der Waals surface area (Å²) in [5, 5.41) is 0. The van der Waals surface area contributed by atoms with Crippen molar-refractivity contribution in [2.24, 2.45) is 0 Å². The fraction of sp³-hybridized carbons (Fsp3) is 0.250. The van der Waals surface area contributed by atoms with Gasteiger partial charge in [-0.2, -0.15) is 0 Å². The molecule has 7 heteroatoms. The summed E-state index contributed by atoms with van der Waals surface area (Å²) in [5.41, 5.74) is 3.82. The fourth-order valence-corrected chi connectivity index (χ4v) is 3.69. The van der Waals surface area contributed by atoms with Crippen molar-refractivity contribution in [2.45, 2.75) is 25.2 Å². The molecule has 1 aliphatic rings. The molecule has 0 radical (unpaired) electrons. The third-order valence-electron chi connectivity index (χ3n) is 5.01. The Morgan fingerprint density at radius 3 is 1.71 bits per heavy atom. The van der Waals surface area contributed by atoms with E-state index in [1.54, 1.807) is 0 Å². The Morgan fingerprint density at radius 1 is 0.774 bits per heavy atom. The lowest BCUT2D eigenvalue weighted by Gasteiger charge is -2.23. The molecule has 3 aromatic carbocycles. The van der Waals surface area contributed by atoms with E-state index in [2.05, 4.69) is 95.9 Å². The van der Waals surface area contributed by atoms with Gasteiger partial charge in [0.05, 0.1) is 6.10 Å². The van der Waals surface area contributed by atoms with Crippen LogP contribution in [0.1, 0.15) is 29.2 Å². The average Bonchev–Trinajstić information content (AvgIpc) is 3.20. The molecule has 0 saturated carbocycles. The predicted octanol–water partition coefficient (Wildman–Crippen LogP) is 0.311. The Hall–Kier alpha value is -2.29. The summed E-state index contributed by atoms with van der Waals surface area (Å²) in [4.78, 5) is 2.49. The predicted molar refractivity (Wildman–Crippen MR) is 106 cm³/mol. The standard InChI is InChI=1S/C24H25NO.ClHO4/c1-4-10-20(11-5-1)18-25-17-16-23(19-25)26-24(21-12-6-2-7-13-21)22-14-8-3-9-15-22;2-1(3,4)5/h1-15,23-24H,16-19H2;(H,2,3,4,5)/p-1. The van der Waals surface area contributed by atoms with Crippen LogP contribution < -0.4 is 18.6 Å². The minimum absolute atomic E-state index is 0.000856. The molecule has 0 aliphatic carbocycles. The van der Waals surface area contributed by atoms with E-state index < -0.39 is 10.2 Å². The Bertz CT molecular complexity index is 845. The van der Waals surface area contributed by atoms with Crippen LogP contribution in [0.25, 0.3) is 0 Å². The number of rotatable bonds is 6. The zero-order valence-electron chi connectivity index (χ0n) is 17.0. The average molecular weight is 443 g/mol. The molecule has 1 atom stereocenters. The number of nitrogens with zero attached hydrogens (tertiary/aromatic N) is 1. The third-order valence-corrected chi connectivity index (χ3v) is 5.01. The second-order valence-electron chi connectivity index (χ2n) is 7.35. The number of ether oxygens (including phenoxy) is 1. The Balaban J connectivity index is 0.000000491. The van der Waals surface area contributed by atoms with Crippen LogP contribution in [-0.4, -0.2) is 24.1 Å². The summed E-state index contributed by atoms with van der Waals surface area (Å²) in [7, 11) is -4.94. The van der Waals surface area contributed by atoms with Gasteiger partial charge >= 0.3 is 0 Å². The highest BCUT2D eigenvalue weighted by molar-refractivity contribution is 5.30. The number of hydrogen-bond donors (Lipinski definition) is 0. The zero-order chi connectivity index (χ0) is 22.1. The summed E-state index contributed by atoms with van der Waals surface area (Å²) >= 11 is 0. The first-order chi connectivity index (χ1) is 14.9. The maximum atomic E-state index is 8.49. The normalized spacial score (nSPS) is 16.7. The van der Waals surface area contributed by atoms with E-state index in [-0.39, 0.29) is 12.2 Å². The van der Waals surface area contributed by atoms with Gasteiger partial charge in [0.1, 0.15) is 6.10 Å². The van der Waals surface area contributed by atoms with Crippen molar-refractivity contribution in [3.05, 3.63) is 108 Å². The SMILES string of the molecule is [O-][Cl+3]([O-])([O-])[O-].c1ccc(CN2CCC(OC(c3ccccc3)c3ccccc3)C2)cc1. The molecule has 0 aromatic heterocycles. The van der Waals surface area contributed by atoms with Crippen molar-refractivity contribution < 1.29 is 33.6 Å². The van der Waals surface area contributed by atoms with E-state index >= 15 is 0 Å². The van der Waals surface area contributed by atoms with Crippen LogP contribution in [0.2, 0.25) is 0 Å². The van der Waals surface area contributed by atoms with Gasteiger partial charge in [0, 0.05) is 19.6 Å². The number of hydrogen-bond acceptors (Lipinski definition) is 6. The van der Waals surface area contributed by atoms with Crippen molar-refractivity contribution in [1.82, 2.24) is 4.90 Å². The Morgan fingerprint density at radius 2 is 1.23 bits per heavy atom. The highest BCUT2D eigenvalue weighted by atomic mass is 35.7. The molecular weight excluding hydrogens is 418 g/mol. The molecule has 1 fully saturated rings. The Labute approximate surface area is 184 Å². The molecule has 1 heterocycles. The summed E-state index contributed by atoms with van der Waals surface area (Å²) < 4.78 is 40.6. The smallest absolute Gasteiger partial charge is 0.108 e. The maximum absolute atomic E-state index is 8.49. The van der Waals surface area contributed by atoms with Crippen molar-refractivity contribution in [3.63, 3.8) is 0 Å². The Kier molecular flexibility index (Phi) is 8.57. The van der Waals surface area contributed by atoms with Crippen LogP contribution in [0.15, 0.2) is 91.0 Å². The molecule has 0 N–H and O–H groups in total. The minimum Gasteiger partial charge on any atom is -0.364 e. The second-order valence-corrected chi connectivity index (χ2v) is 8.10. The monoisotopic (exact) mass is 442 g/mol. The number of likely N-dealkylation sites (tertiary alicyclic amines) is 1. The van der Waals surface area contributed by atoms with Gasteiger partial charge in [-0.1, -0.05) is 91.0 Å². The van der Waals surface area contributed by atoms with Gasteiger partial charge in [-0.25, -0.2) is 18.6 Å². The van der Waals surface area contributed by atoms with Crippen molar-refractivity contribution in [1.29, 1.82) is 0 Å². The molecule has 1 saturated heterocycles. The highest BCUT2D eigenvalue weighted by Gasteiger charge is 2.27. The summed E-state index contributed by atoms with van der Waals surface area (Å²) in [6.07, 6.45) is 1.35. The van der Waals surface area contributed by atoms with Crippen LogP contribution in [-0.2, 0) is 11.3 Å². The van der Waals surface area contributed by atoms with Crippen LogP contribution in [0.3, 0.4) is 0 Å². The molecule has 0 amide bonds. The highest BCUT2D eigenvalue weighted by Crippen LogP contribution is 2.30. The van der Waals surface area contributed by atoms with E-state index in [9.17, 15) is 0 Å². The lowest BCUT2D eigenvalue weighted by molar-refractivity contribution is -2.00. The van der Waals surface area contributed by atoms with Crippen molar-refractivity contribution >= 4 is 0 Å². The molecule has 1 unspecified atom stereocenters. The first-order valence-corrected chi connectivity index (χ1v) is 11.3. The van der Waals surface area contributed by atoms with Gasteiger partial charge in [0.25, 0.3) is 0 Å². The third kappa shape index (κ3) is 8.40. The van der Waals surface area contributed by atoms with Crippen LogP contribution in [0, 0.1) is 10.2 Å². The second kappa shape index (κ2) is 11.4. The quantitative estimate of drug-likeness (QED) is 0.544. The van der Waals surface area contributed by atoms with E-state index in [4.69, 9.17) is 23.4 Å². The van der Waals surface area contributed by atoms with Crippen LogP contribution >= 0.6 is 0 Å². The van der Waals surface area contributed by atoms with E-state index in [1.165, 1.54) is 16.7 Å². The van der Waals surface area contributed by atoms with E-state index in [1.807, 2.05) is 0 Å². The first-order valence-electron chi connectivity index (χ1n) is 10.0. The largest absolute Gasteiger partial charge is 0.364 e. The van der Waals surface area contributed by atoms with E-state index in [0.717, 1.165) is 26.1 Å². The molecule has 31 heavy (non-hydrogen) atoms. The van der Waals surface area contributed by atoms with Gasteiger partial charge in [-0.05, 0) is 23.1 Å². The van der Waals surface area contributed by atoms with Gasteiger partial charge < -0.3 is 4.74 Å². The fourth-order valence-electron chi connectivity index (χ4n) is 3.69. The minimum atomic E-state index is -4.94. The molecule has 0 spiro atoms. The zero-order valence-corrected chi connectivity index (χ0v) is 17.8. The van der Waals surface area contributed by atoms with Gasteiger partial charge in [-0.3, -0.25) is 4.90 Å². The molecular formula is C24H25ClNO5-. The molecule has 1 aliphatic heterocycles. The van der Waals surface area contributed by atoms with Gasteiger partial charge in [0.2, 0.25) is 0 Å². The topological polar surface area (TPSA) is 105 Å². The van der Waals surface area contributed by atoms with Crippen LogP contribution in [0.4, 0.5) is 0 Å². The molecule has 6 nitrogen and oxygen atoms in total. The van der Waals surface area contributed by atoms with Crippen LogP contribution in [0.5, 0.6) is 0 Å². The lowest BCUT2D eigenvalue weighted by Crippen LogP contribution is -2.68. The summed E-state index contributed by atoms with van der Waals surface area (Å²) in [6.45, 7) is 3.09. The molecule has 3 aromatic rings. The molecule has 0 bridgehead atoms. The summed E-state index contributed by atoms with van der Waals surface area (Å²) in [6, 6.07) is 31.8. The van der Waals surface area contributed by atoms with E-state index in [0.29, 0.717) is 0 Å². The first kappa shape index (κ1) is 23.4. The number of benzene rings is 3. The maximum Gasteiger partial charge on any atom is 0.108 e. The van der Waals surface area contributed by atoms with Gasteiger partial charge in [-0.15, -0.1) is 10.2 Å². The lowest BCUT2D eigenvalue weighted by atomic mass is 10.0.